The molecule has 1 aliphatic heterocycles. The van der Waals surface area contributed by atoms with E-state index in [1.807, 2.05) is 30.6 Å². The van der Waals surface area contributed by atoms with E-state index in [1.54, 1.807) is 6.20 Å². The highest BCUT2D eigenvalue weighted by Crippen LogP contribution is 2.29. The average molecular weight is 357 g/mol. The van der Waals surface area contributed by atoms with Crippen molar-refractivity contribution in [3.05, 3.63) is 71.8 Å². The lowest BCUT2D eigenvalue weighted by molar-refractivity contribution is 0.170. The zero-order chi connectivity index (χ0) is 18.6. The lowest BCUT2D eigenvalue weighted by Gasteiger charge is -2.34. The van der Waals surface area contributed by atoms with E-state index in [-0.39, 0.29) is 0 Å². The number of imidazole rings is 1. The molecule has 0 N–H and O–H groups in total. The minimum Gasteiger partial charge on any atom is -0.324 e. The van der Waals surface area contributed by atoms with Gasteiger partial charge in [0.15, 0.2) is 0 Å². The van der Waals surface area contributed by atoms with Crippen molar-refractivity contribution in [3.63, 3.8) is 0 Å². The second kappa shape index (κ2) is 7.73. The van der Waals surface area contributed by atoms with Gasteiger partial charge in [-0.1, -0.05) is 12.1 Å². The Kier molecular flexibility index (Phi) is 4.99. The molecule has 1 saturated heterocycles. The van der Waals surface area contributed by atoms with Crippen LogP contribution in [-0.4, -0.2) is 32.5 Å². The van der Waals surface area contributed by atoms with Gasteiger partial charge in [0, 0.05) is 49.0 Å². The van der Waals surface area contributed by atoms with E-state index in [4.69, 9.17) is 5.26 Å². The summed E-state index contributed by atoms with van der Waals surface area (Å²) in [6.07, 6.45) is 7.97. The summed E-state index contributed by atoms with van der Waals surface area (Å²) in [6, 6.07) is 14.5. The van der Waals surface area contributed by atoms with Crippen LogP contribution < -0.4 is 0 Å². The highest BCUT2D eigenvalue weighted by Gasteiger charge is 2.25. The van der Waals surface area contributed by atoms with Gasteiger partial charge >= 0.3 is 0 Å². The number of aryl methyl sites for hydroxylation is 1. The predicted molar refractivity (Wildman–Crippen MR) is 105 cm³/mol. The highest BCUT2D eigenvalue weighted by molar-refractivity contribution is 5.54. The van der Waals surface area contributed by atoms with Gasteiger partial charge in [-0.15, -0.1) is 0 Å². The van der Waals surface area contributed by atoms with Gasteiger partial charge in [-0.05, 0) is 56.1 Å². The maximum atomic E-state index is 8.96. The van der Waals surface area contributed by atoms with E-state index >= 15 is 0 Å². The molecule has 0 spiro atoms. The summed E-state index contributed by atoms with van der Waals surface area (Å²) < 4.78 is 2.38. The van der Waals surface area contributed by atoms with Gasteiger partial charge in [-0.3, -0.25) is 9.88 Å². The van der Waals surface area contributed by atoms with E-state index in [0.717, 1.165) is 37.4 Å². The Hall–Kier alpha value is -2.97. The van der Waals surface area contributed by atoms with Crippen LogP contribution in [0.3, 0.4) is 0 Å². The quantitative estimate of drug-likeness (QED) is 0.709. The van der Waals surface area contributed by atoms with Crippen molar-refractivity contribution in [2.24, 2.45) is 0 Å². The second-order valence-corrected chi connectivity index (χ2v) is 7.17. The molecule has 1 aromatic carbocycles. The Morgan fingerprint density at radius 1 is 1.19 bits per heavy atom. The third-order valence-corrected chi connectivity index (χ3v) is 5.24. The van der Waals surface area contributed by atoms with E-state index in [1.165, 1.54) is 17.7 Å². The normalized spacial score (nSPS) is 17.6. The maximum Gasteiger partial charge on any atom is 0.141 e. The Bertz CT molecular complexity index is 937. The molecule has 5 nitrogen and oxygen atoms in total. The minimum atomic E-state index is 0.412. The van der Waals surface area contributed by atoms with Crippen LogP contribution in [0, 0.1) is 18.3 Å². The molecule has 0 radical (unpaired) electrons. The molecule has 3 heterocycles. The van der Waals surface area contributed by atoms with Crippen molar-refractivity contribution in [1.29, 1.82) is 5.26 Å². The molecule has 27 heavy (non-hydrogen) atoms. The van der Waals surface area contributed by atoms with Crippen molar-refractivity contribution in [3.8, 4) is 17.5 Å². The van der Waals surface area contributed by atoms with Crippen molar-refractivity contribution >= 4 is 0 Å². The first-order valence-corrected chi connectivity index (χ1v) is 9.40. The van der Waals surface area contributed by atoms with Crippen molar-refractivity contribution in [2.75, 3.05) is 13.1 Å². The van der Waals surface area contributed by atoms with E-state index in [2.05, 4.69) is 50.6 Å². The fourth-order valence-electron chi connectivity index (χ4n) is 3.94. The van der Waals surface area contributed by atoms with Crippen LogP contribution in [0.25, 0.3) is 11.4 Å². The van der Waals surface area contributed by atoms with Gasteiger partial charge < -0.3 is 4.57 Å². The smallest absolute Gasteiger partial charge is 0.141 e. The molecular formula is C22H23N5. The molecule has 5 heteroatoms. The molecule has 1 atom stereocenters. The third-order valence-electron chi connectivity index (χ3n) is 5.24. The third kappa shape index (κ3) is 3.76. The van der Waals surface area contributed by atoms with Crippen LogP contribution in [0.15, 0.2) is 55.0 Å². The molecule has 1 unspecified atom stereocenters. The molecule has 0 saturated carbocycles. The average Bonchev–Trinajstić information content (AvgIpc) is 3.11. The Labute approximate surface area is 159 Å². The molecular weight excluding hydrogens is 334 g/mol. The Morgan fingerprint density at radius 2 is 2.04 bits per heavy atom. The summed E-state index contributed by atoms with van der Waals surface area (Å²) in [5.41, 5.74) is 4.23. The first kappa shape index (κ1) is 17.4. The van der Waals surface area contributed by atoms with Crippen molar-refractivity contribution < 1.29 is 0 Å². The second-order valence-electron chi connectivity index (χ2n) is 7.17. The van der Waals surface area contributed by atoms with Gasteiger partial charge in [0.25, 0.3) is 0 Å². The number of benzene rings is 1. The number of rotatable bonds is 4. The lowest BCUT2D eigenvalue weighted by atomic mass is 10.0. The summed E-state index contributed by atoms with van der Waals surface area (Å²) in [5.74, 6) is 1.01. The number of aromatic nitrogens is 3. The molecule has 1 aliphatic rings. The molecule has 3 aromatic rings. The Morgan fingerprint density at radius 3 is 2.78 bits per heavy atom. The molecule has 1 fully saturated rings. The fraction of sp³-hybridized carbons (Fsp3) is 0.318. The summed E-state index contributed by atoms with van der Waals surface area (Å²) in [6.45, 7) is 5.15. The molecule has 0 bridgehead atoms. The first-order chi connectivity index (χ1) is 13.2. The van der Waals surface area contributed by atoms with Gasteiger partial charge in [0.05, 0.1) is 11.6 Å². The number of pyridine rings is 1. The molecule has 4 rings (SSSR count). The van der Waals surface area contributed by atoms with Crippen LogP contribution in [0.4, 0.5) is 0 Å². The van der Waals surface area contributed by atoms with Crippen molar-refractivity contribution in [1.82, 2.24) is 19.4 Å². The van der Waals surface area contributed by atoms with E-state index in [9.17, 15) is 0 Å². The molecule has 136 valence electrons. The lowest BCUT2D eigenvalue weighted by Crippen LogP contribution is -2.36. The van der Waals surface area contributed by atoms with Gasteiger partial charge in [0.2, 0.25) is 0 Å². The standard InChI is InChI=1S/C22H23N5/c1-17-13-25-22(20-4-2-10-24-14-20)27(17)21-5-3-11-26(16-21)15-19-8-6-18(12-23)7-9-19/h2,4,6-10,13-14,21H,3,5,11,15-16H2,1H3. The first-order valence-electron chi connectivity index (χ1n) is 9.40. The molecule has 0 amide bonds. The van der Waals surface area contributed by atoms with Crippen molar-refractivity contribution in [2.45, 2.75) is 32.4 Å². The van der Waals surface area contributed by atoms with E-state index < -0.39 is 0 Å². The molecule has 0 aliphatic carbocycles. The largest absolute Gasteiger partial charge is 0.324 e. The fourth-order valence-corrected chi connectivity index (χ4v) is 3.94. The zero-order valence-electron chi connectivity index (χ0n) is 15.5. The van der Waals surface area contributed by atoms with E-state index in [0.29, 0.717) is 11.6 Å². The van der Waals surface area contributed by atoms with Crippen LogP contribution in [0.1, 0.15) is 35.7 Å². The summed E-state index contributed by atoms with van der Waals surface area (Å²) >= 11 is 0. The molecule has 2 aromatic heterocycles. The van der Waals surface area contributed by atoms with Crippen LogP contribution in [0.5, 0.6) is 0 Å². The van der Waals surface area contributed by atoms with Crippen LogP contribution in [-0.2, 0) is 6.54 Å². The number of hydrogen-bond acceptors (Lipinski definition) is 4. The zero-order valence-corrected chi connectivity index (χ0v) is 15.5. The predicted octanol–water partition coefficient (Wildman–Crippen LogP) is 3.96. The van der Waals surface area contributed by atoms with Gasteiger partial charge in [-0.2, -0.15) is 5.26 Å². The topological polar surface area (TPSA) is 57.7 Å². The summed E-state index contributed by atoms with van der Waals surface area (Å²) in [5, 5.41) is 8.96. The summed E-state index contributed by atoms with van der Waals surface area (Å²) in [4.78, 5) is 11.4. The van der Waals surface area contributed by atoms with Gasteiger partial charge in [-0.25, -0.2) is 4.98 Å². The number of likely N-dealkylation sites (tertiary alicyclic amines) is 1. The van der Waals surface area contributed by atoms with Gasteiger partial charge in [0.1, 0.15) is 5.82 Å². The number of hydrogen-bond donors (Lipinski definition) is 0. The number of nitriles is 1. The number of piperidine rings is 1. The number of nitrogens with zero attached hydrogens (tertiary/aromatic N) is 5. The highest BCUT2D eigenvalue weighted by atomic mass is 15.2. The summed E-state index contributed by atoms with van der Waals surface area (Å²) in [7, 11) is 0. The SMILES string of the molecule is Cc1cnc(-c2cccnc2)n1C1CCCN(Cc2ccc(C#N)cc2)C1. The van der Waals surface area contributed by atoms with Crippen LogP contribution >= 0.6 is 0 Å². The monoisotopic (exact) mass is 357 g/mol. The maximum absolute atomic E-state index is 8.96. The Balaban J connectivity index is 1.53. The van der Waals surface area contributed by atoms with Crippen LogP contribution in [0.2, 0.25) is 0 Å². The minimum absolute atomic E-state index is 0.412.